The molecule has 0 saturated carbocycles. The molecule has 1 saturated heterocycles. The molecule has 0 N–H and O–H groups in total. The summed E-state index contributed by atoms with van der Waals surface area (Å²) in [7, 11) is 0. The molecule has 5 nitrogen and oxygen atoms in total. The van der Waals surface area contributed by atoms with E-state index in [0.717, 1.165) is 43.9 Å². The molecule has 0 spiro atoms. The van der Waals surface area contributed by atoms with E-state index in [1.807, 2.05) is 27.7 Å². The number of rotatable bonds is 2. The average Bonchev–Trinajstić information content (AvgIpc) is 2.81. The van der Waals surface area contributed by atoms with Gasteiger partial charge >= 0.3 is 0 Å². The predicted octanol–water partition coefficient (Wildman–Crippen LogP) is 0.998. The molecule has 0 unspecified atom stereocenters. The second-order valence-electron chi connectivity index (χ2n) is 4.99. The second kappa shape index (κ2) is 5.01. The van der Waals surface area contributed by atoms with Crippen LogP contribution in [0.5, 0.6) is 0 Å². The van der Waals surface area contributed by atoms with E-state index in [2.05, 4.69) is 22.1 Å². The Labute approximate surface area is 112 Å². The Bertz CT molecular complexity index is 551. The van der Waals surface area contributed by atoms with E-state index in [1.165, 1.54) is 0 Å². The monoisotopic (exact) mass is 258 g/mol. The number of hydrogen-bond acceptors (Lipinski definition) is 3. The molecule has 100 valence electrons. The molecule has 5 heteroatoms. The molecule has 0 atom stereocenters. The van der Waals surface area contributed by atoms with Crippen LogP contribution in [0.4, 0.5) is 0 Å². The number of hydrogen-bond donors (Lipinski definition) is 0. The van der Waals surface area contributed by atoms with Gasteiger partial charge in [-0.1, -0.05) is 6.07 Å². The Balaban J connectivity index is 1.64. The number of piperazine rings is 1. The van der Waals surface area contributed by atoms with Gasteiger partial charge in [0.05, 0.1) is 11.2 Å². The van der Waals surface area contributed by atoms with Crippen molar-refractivity contribution >= 4 is 11.4 Å². The topological polar surface area (TPSA) is 40.9 Å². The molecule has 1 aliphatic heterocycles. The summed E-state index contributed by atoms with van der Waals surface area (Å²) in [6.45, 7) is 5.98. The number of pyridine rings is 1. The zero-order valence-corrected chi connectivity index (χ0v) is 11.1. The maximum absolute atomic E-state index is 11.3. The normalized spacial score (nSPS) is 17.0. The van der Waals surface area contributed by atoms with Crippen LogP contribution in [-0.2, 0) is 11.3 Å². The van der Waals surface area contributed by atoms with Gasteiger partial charge in [-0.25, -0.2) is 4.52 Å². The molecular formula is C14H18N4O. The van der Waals surface area contributed by atoms with E-state index in [9.17, 15) is 4.79 Å². The first kappa shape index (κ1) is 12.2. The maximum atomic E-state index is 11.3. The first-order chi connectivity index (χ1) is 9.22. The van der Waals surface area contributed by atoms with Crippen LogP contribution >= 0.6 is 0 Å². The predicted molar refractivity (Wildman–Crippen MR) is 72.7 cm³/mol. The number of aromatic nitrogens is 2. The largest absolute Gasteiger partial charge is 0.340 e. The van der Waals surface area contributed by atoms with Crippen molar-refractivity contribution in [2.45, 2.75) is 13.5 Å². The number of carbonyl (C=O) groups is 1. The summed E-state index contributed by atoms with van der Waals surface area (Å²) < 4.78 is 1.90. The van der Waals surface area contributed by atoms with Crippen molar-refractivity contribution in [3.05, 3.63) is 36.2 Å². The summed E-state index contributed by atoms with van der Waals surface area (Å²) in [6, 6.07) is 8.18. The fraction of sp³-hybridized carbons (Fsp3) is 0.429. The Hall–Kier alpha value is -1.88. The quantitative estimate of drug-likeness (QED) is 0.807. The zero-order chi connectivity index (χ0) is 13.2. The van der Waals surface area contributed by atoms with Crippen molar-refractivity contribution in [3.8, 4) is 0 Å². The minimum absolute atomic E-state index is 0.174. The lowest BCUT2D eigenvalue weighted by Gasteiger charge is -2.33. The number of amides is 1. The van der Waals surface area contributed by atoms with Crippen LogP contribution in [0.15, 0.2) is 30.5 Å². The van der Waals surface area contributed by atoms with E-state index < -0.39 is 0 Å². The molecule has 2 aromatic heterocycles. The molecule has 1 fully saturated rings. The third-order valence-electron chi connectivity index (χ3n) is 3.62. The fourth-order valence-corrected chi connectivity index (χ4v) is 2.52. The lowest BCUT2D eigenvalue weighted by atomic mass is 10.3. The Morgan fingerprint density at radius 1 is 1.26 bits per heavy atom. The Morgan fingerprint density at radius 2 is 2.05 bits per heavy atom. The van der Waals surface area contributed by atoms with Gasteiger partial charge in [0.2, 0.25) is 5.91 Å². The number of nitrogens with zero attached hydrogens (tertiary/aromatic N) is 4. The summed E-state index contributed by atoms with van der Waals surface area (Å²) in [5.74, 6) is 0.174. The number of carbonyl (C=O) groups excluding carboxylic acids is 1. The van der Waals surface area contributed by atoms with Crippen molar-refractivity contribution in [2.24, 2.45) is 0 Å². The summed E-state index contributed by atoms with van der Waals surface area (Å²) in [4.78, 5) is 15.5. The molecule has 0 radical (unpaired) electrons. The highest BCUT2D eigenvalue weighted by molar-refractivity contribution is 5.73. The molecule has 3 heterocycles. The van der Waals surface area contributed by atoms with Crippen LogP contribution in [0.2, 0.25) is 0 Å². The van der Waals surface area contributed by atoms with Crippen molar-refractivity contribution in [2.75, 3.05) is 26.2 Å². The number of fused-ring (bicyclic) bond motifs is 1. The zero-order valence-electron chi connectivity index (χ0n) is 11.1. The Kier molecular flexibility index (Phi) is 3.21. The SMILES string of the molecule is CC(=O)N1CCN(Cc2cc3ccccn3n2)CC1. The molecule has 0 aliphatic carbocycles. The van der Waals surface area contributed by atoms with Crippen LogP contribution < -0.4 is 0 Å². The van der Waals surface area contributed by atoms with Gasteiger partial charge in [0.15, 0.2) is 0 Å². The van der Waals surface area contributed by atoms with Crippen LogP contribution in [-0.4, -0.2) is 51.5 Å². The van der Waals surface area contributed by atoms with Gasteiger partial charge in [-0.2, -0.15) is 5.10 Å². The maximum Gasteiger partial charge on any atom is 0.219 e. The molecule has 3 rings (SSSR count). The molecule has 1 amide bonds. The van der Waals surface area contributed by atoms with E-state index >= 15 is 0 Å². The molecule has 2 aromatic rings. The van der Waals surface area contributed by atoms with Crippen molar-refractivity contribution in [1.29, 1.82) is 0 Å². The van der Waals surface area contributed by atoms with Gasteiger partial charge in [0, 0.05) is 45.8 Å². The van der Waals surface area contributed by atoms with E-state index in [0.29, 0.717) is 0 Å². The smallest absolute Gasteiger partial charge is 0.219 e. The fourth-order valence-electron chi connectivity index (χ4n) is 2.52. The highest BCUT2D eigenvalue weighted by Crippen LogP contribution is 2.10. The van der Waals surface area contributed by atoms with E-state index in [1.54, 1.807) is 6.92 Å². The van der Waals surface area contributed by atoms with Gasteiger partial charge in [0.25, 0.3) is 0 Å². The van der Waals surface area contributed by atoms with Crippen molar-refractivity contribution < 1.29 is 4.79 Å². The standard InChI is InChI=1S/C14H18N4O/c1-12(19)17-8-6-16(7-9-17)11-13-10-14-4-2-3-5-18(14)15-13/h2-5,10H,6-9,11H2,1H3. The third kappa shape index (κ3) is 2.61. The molecule has 0 bridgehead atoms. The minimum Gasteiger partial charge on any atom is -0.340 e. The minimum atomic E-state index is 0.174. The summed E-state index contributed by atoms with van der Waals surface area (Å²) in [5, 5.41) is 4.56. The van der Waals surface area contributed by atoms with Crippen molar-refractivity contribution in [3.63, 3.8) is 0 Å². The molecule has 0 aromatic carbocycles. The van der Waals surface area contributed by atoms with E-state index in [4.69, 9.17) is 0 Å². The average molecular weight is 258 g/mol. The highest BCUT2D eigenvalue weighted by Gasteiger charge is 2.19. The van der Waals surface area contributed by atoms with Crippen LogP contribution in [0, 0.1) is 0 Å². The van der Waals surface area contributed by atoms with Crippen LogP contribution in [0.25, 0.3) is 5.52 Å². The first-order valence-corrected chi connectivity index (χ1v) is 6.63. The van der Waals surface area contributed by atoms with Gasteiger partial charge in [-0.15, -0.1) is 0 Å². The van der Waals surface area contributed by atoms with Crippen LogP contribution in [0.3, 0.4) is 0 Å². The molecule has 19 heavy (non-hydrogen) atoms. The van der Waals surface area contributed by atoms with Gasteiger partial charge in [-0.3, -0.25) is 9.69 Å². The molecular weight excluding hydrogens is 240 g/mol. The van der Waals surface area contributed by atoms with Gasteiger partial charge in [0.1, 0.15) is 0 Å². The highest BCUT2D eigenvalue weighted by atomic mass is 16.2. The second-order valence-corrected chi connectivity index (χ2v) is 4.99. The third-order valence-corrected chi connectivity index (χ3v) is 3.62. The van der Waals surface area contributed by atoms with Gasteiger partial charge in [-0.05, 0) is 18.2 Å². The summed E-state index contributed by atoms with van der Waals surface area (Å²) in [5.41, 5.74) is 2.21. The van der Waals surface area contributed by atoms with E-state index in [-0.39, 0.29) is 5.91 Å². The lowest BCUT2D eigenvalue weighted by molar-refractivity contribution is -0.130. The lowest BCUT2D eigenvalue weighted by Crippen LogP contribution is -2.47. The molecule has 1 aliphatic rings. The van der Waals surface area contributed by atoms with Crippen molar-refractivity contribution in [1.82, 2.24) is 19.4 Å². The first-order valence-electron chi connectivity index (χ1n) is 6.63. The van der Waals surface area contributed by atoms with Crippen LogP contribution in [0.1, 0.15) is 12.6 Å². The summed E-state index contributed by atoms with van der Waals surface area (Å²) in [6.07, 6.45) is 1.96. The Morgan fingerprint density at radius 3 is 2.74 bits per heavy atom. The summed E-state index contributed by atoms with van der Waals surface area (Å²) >= 11 is 0. The van der Waals surface area contributed by atoms with Gasteiger partial charge < -0.3 is 4.90 Å².